The maximum Gasteiger partial charge on any atom is 0.243 e. The Labute approximate surface area is 146 Å². The fourth-order valence-electron chi connectivity index (χ4n) is 3.03. The minimum atomic E-state index is -3.50. The first kappa shape index (κ1) is 18.0. The van der Waals surface area contributed by atoms with Crippen molar-refractivity contribution in [2.24, 2.45) is 0 Å². The average Bonchev–Trinajstić information content (AvgIpc) is 2.60. The second kappa shape index (κ2) is 7.19. The van der Waals surface area contributed by atoms with E-state index in [1.807, 2.05) is 6.92 Å². The van der Waals surface area contributed by atoms with Gasteiger partial charge in [0.25, 0.3) is 0 Å². The monoisotopic (exact) mass is 367 g/mol. The van der Waals surface area contributed by atoms with Crippen molar-refractivity contribution >= 4 is 10.0 Å². The van der Waals surface area contributed by atoms with Gasteiger partial charge in [-0.2, -0.15) is 4.31 Å². The molecular weight excluding hydrogens is 346 g/mol. The SMILES string of the molecule is Cc1ccc(S(=O)(=O)N2CC[NH+](Cc3cccc(F)c3F)CC2)cc1. The van der Waals surface area contributed by atoms with Gasteiger partial charge in [0, 0.05) is 5.56 Å². The summed E-state index contributed by atoms with van der Waals surface area (Å²) in [6, 6.07) is 11.0. The number of hydrogen-bond donors (Lipinski definition) is 1. The van der Waals surface area contributed by atoms with Crippen LogP contribution in [0.3, 0.4) is 0 Å². The highest BCUT2D eigenvalue weighted by Gasteiger charge is 2.30. The zero-order valence-electron chi connectivity index (χ0n) is 14.0. The average molecular weight is 367 g/mol. The van der Waals surface area contributed by atoms with Crippen LogP contribution >= 0.6 is 0 Å². The van der Waals surface area contributed by atoms with Crippen molar-refractivity contribution in [3.05, 3.63) is 65.2 Å². The molecule has 1 heterocycles. The second-order valence-electron chi connectivity index (χ2n) is 6.36. The van der Waals surface area contributed by atoms with Gasteiger partial charge in [0.05, 0.1) is 31.1 Å². The standard InChI is InChI=1S/C18H20F2N2O2S/c1-14-5-7-16(8-6-14)25(23,24)22-11-9-21(10-12-22)13-15-3-2-4-17(19)18(15)20/h2-8H,9-13H2,1H3/p+1. The van der Waals surface area contributed by atoms with Crippen molar-refractivity contribution < 1.29 is 22.1 Å². The molecule has 25 heavy (non-hydrogen) atoms. The molecule has 2 aromatic rings. The molecule has 0 aromatic heterocycles. The third-order valence-corrected chi connectivity index (χ3v) is 6.47. The lowest BCUT2D eigenvalue weighted by molar-refractivity contribution is -0.917. The summed E-state index contributed by atoms with van der Waals surface area (Å²) in [5.74, 6) is -1.66. The summed E-state index contributed by atoms with van der Waals surface area (Å²) >= 11 is 0. The van der Waals surface area contributed by atoms with Crippen LogP contribution < -0.4 is 4.90 Å². The first-order valence-corrected chi connectivity index (χ1v) is 9.65. The van der Waals surface area contributed by atoms with E-state index in [0.717, 1.165) is 16.5 Å². The van der Waals surface area contributed by atoms with E-state index >= 15 is 0 Å². The predicted octanol–water partition coefficient (Wildman–Crippen LogP) is 1.36. The minimum absolute atomic E-state index is 0.290. The number of quaternary nitrogens is 1. The summed E-state index contributed by atoms with van der Waals surface area (Å²) in [5, 5.41) is 0. The van der Waals surface area contributed by atoms with E-state index in [1.165, 1.54) is 10.4 Å². The molecule has 7 heteroatoms. The lowest BCUT2D eigenvalue weighted by Gasteiger charge is -2.31. The molecule has 0 atom stereocenters. The normalized spacial score (nSPS) is 16.9. The molecule has 0 amide bonds. The van der Waals surface area contributed by atoms with Gasteiger partial charge in [0.15, 0.2) is 11.6 Å². The summed E-state index contributed by atoms with van der Waals surface area (Å²) in [6.07, 6.45) is 0. The Morgan fingerprint density at radius 2 is 1.68 bits per heavy atom. The zero-order chi connectivity index (χ0) is 18.0. The smallest absolute Gasteiger partial charge is 0.243 e. The highest BCUT2D eigenvalue weighted by atomic mass is 32.2. The van der Waals surface area contributed by atoms with Crippen LogP contribution in [0.4, 0.5) is 8.78 Å². The molecule has 1 N–H and O–H groups in total. The summed E-state index contributed by atoms with van der Waals surface area (Å²) in [7, 11) is -3.50. The molecule has 1 saturated heterocycles. The number of halogens is 2. The highest BCUT2D eigenvalue weighted by Crippen LogP contribution is 2.16. The number of sulfonamides is 1. The van der Waals surface area contributed by atoms with Crippen molar-refractivity contribution in [1.82, 2.24) is 4.31 Å². The van der Waals surface area contributed by atoms with Crippen molar-refractivity contribution in [2.45, 2.75) is 18.4 Å². The molecule has 2 aromatic carbocycles. The number of hydrogen-bond acceptors (Lipinski definition) is 2. The van der Waals surface area contributed by atoms with Gasteiger partial charge >= 0.3 is 0 Å². The number of nitrogens with zero attached hydrogens (tertiary/aromatic N) is 1. The van der Waals surface area contributed by atoms with Crippen LogP contribution in [0.1, 0.15) is 11.1 Å². The quantitative estimate of drug-likeness (QED) is 0.887. The Hall–Kier alpha value is -1.83. The fourth-order valence-corrected chi connectivity index (χ4v) is 4.47. The summed E-state index contributed by atoms with van der Waals surface area (Å²) < 4.78 is 53.9. The van der Waals surface area contributed by atoms with Crippen molar-refractivity contribution in [2.75, 3.05) is 26.2 Å². The van der Waals surface area contributed by atoms with Crippen LogP contribution in [0.15, 0.2) is 47.4 Å². The number of nitrogens with one attached hydrogen (secondary N) is 1. The Morgan fingerprint density at radius 1 is 1.04 bits per heavy atom. The molecule has 1 fully saturated rings. The number of rotatable bonds is 4. The second-order valence-corrected chi connectivity index (χ2v) is 8.29. The maximum atomic E-state index is 13.8. The van der Waals surface area contributed by atoms with Crippen LogP contribution in [0, 0.1) is 18.6 Å². The van der Waals surface area contributed by atoms with Crippen molar-refractivity contribution in [3.8, 4) is 0 Å². The molecule has 0 saturated carbocycles. The summed E-state index contributed by atoms with van der Waals surface area (Å²) in [6.45, 7) is 4.10. The third kappa shape index (κ3) is 3.89. The van der Waals surface area contributed by atoms with E-state index in [0.29, 0.717) is 38.3 Å². The first-order chi connectivity index (χ1) is 11.9. The van der Waals surface area contributed by atoms with Crippen LogP contribution in [-0.2, 0) is 16.6 Å². The predicted molar refractivity (Wildman–Crippen MR) is 90.7 cm³/mol. The molecule has 0 unspecified atom stereocenters. The van der Waals surface area contributed by atoms with Gasteiger partial charge in [-0.1, -0.05) is 29.8 Å². The minimum Gasteiger partial charge on any atom is -0.329 e. The molecule has 0 radical (unpaired) electrons. The molecule has 1 aliphatic rings. The molecule has 134 valence electrons. The highest BCUT2D eigenvalue weighted by molar-refractivity contribution is 7.89. The van der Waals surface area contributed by atoms with Crippen LogP contribution in [0.2, 0.25) is 0 Å². The topological polar surface area (TPSA) is 41.8 Å². The molecule has 4 nitrogen and oxygen atoms in total. The van der Waals surface area contributed by atoms with E-state index in [1.54, 1.807) is 30.3 Å². The van der Waals surface area contributed by atoms with Gasteiger partial charge in [-0.25, -0.2) is 17.2 Å². The molecule has 0 aliphatic carbocycles. The Kier molecular flexibility index (Phi) is 5.17. The van der Waals surface area contributed by atoms with Gasteiger partial charge < -0.3 is 4.90 Å². The number of piperazine rings is 1. The Bertz CT molecular complexity index is 846. The van der Waals surface area contributed by atoms with Crippen molar-refractivity contribution in [3.63, 3.8) is 0 Å². The fraction of sp³-hybridized carbons (Fsp3) is 0.333. The van der Waals surface area contributed by atoms with E-state index in [-0.39, 0.29) is 4.90 Å². The lowest BCUT2D eigenvalue weighted by atomic mass is 10.2. The number of benzene rings is 2. The summed E-state index contributed by atoms with van der Waals surface area (Å²) in [4.78, 5) is 1.33. The lowest BCUT2D eigenvalue weighted by Crippen LogP contribution is -3.13. The summed E-state index contributed by atoms with van der Waals surface area (Å²) in [5.41, 5.74) is 1.33. The van der Waals surface area contributed by atoms with E-state index in [9.17, 15) is 17.2 Å². The molecule has 1 aliphatic heterocycles. The van der Waals surface area contributed by atoms with Gasteiger partial charge in [-0.15, -0.1) is 0 Å². The van der Waals surface area contributed by atoms with E-state index < -0.39 is 21.7 Å². The Balaban J connectivity index is 1.65. The van der Waals surface area contributed by atoms with Gasteiger partial charge in [-0.3, -0.25) is 0 Å². The molecule has 0 bridgehead atoms. The number of aryl methyl sites for hydroxylation is 1. The maximum absolute atomic E-state index is 13.8. The van der Waals surface area contributed by atoms with Gasteiger partial charge in [0.2, 0.25) is 10.0 Å². The third-order valence-electron chi connectivity index (χ3n) is 4.56. The van der Waals surface area contributed by atoms with E-state index in [4.69, 9.17) is 0 Å². The molecule has 0 spiro atoms. The molecular formula is C18H21F2N2O2S+. The van der Waals surface area contributed by atoms with Crippen LogP contribution in [0.25, 0.3) is 0 Å². The molecule has 3 rings (SSSR count). The Morgan fingerprint density at radius 3 is 2.32 bits per heavy atom. The van der Waals surface area contributed by atoms with Gasteiger partial charge in [0.1, 0.15) is 6.54 Å². The van der Waals surface area contributed by atoms with E-state index in [2.05, 4.69) is 0 Å². The van der Waals surface area contributed by atoms with Gasteiger partial charge in [-0.05, 0) is 25.1 Å². The van der Waals surface area contributed by atoms with Crippen molar-refractivity contribution in [1.29, 1.82) is 0 Å². The van der Waals surface area contributed by atoms with Crippen LogP contribution in [0.5, 0.6) is 0 Å². The first-order valence-electron chi connectivity index (χ1n) is 8.21. The van der Waals surface area contributed by atoms with Crippen LogP contribution in [-0.4, -0.2) is 38.9 Å². The zero-order valence-corrected chi connectivity index (χ0v) is 14.8. The largest absolute Gasteiger partial charge is 0.329 e.